The summed E-state index contributed by atoms with van der Waals surface area (Å²) in [7, 11) is -3.69. The smallest absolute Gasteiger partial charge is 0.339 e. The van der Waals surface area contributed by atoms with E-state index in [1.807, 2.05) is 0 Å². The number of anilines is 1. The summed E-state index contributed by atoms with van der Waals surface area (Å²) in [6.07, 6.45) is 0. The predicted molar refractivity (Wildman–Crippen MR) is 78.1 cm³/mol. The third-order valence-corrected chi connectivity index (χ3v) is 5.45. The number of carboxylic acids is 1. The van der Waals surface area contributed by atoms with E-state index in [0.717, 1.165) is 0 Å². The highest BCUT2D eigenvalue weighted by Gasteiger charge is 2.34. The molecule has 0 radical (unpaired) electrons. The predicted octanol–water partition coefficient (Wildman–Crippen LogP) is 1.17. The number of carbonyl (C=O) groups is 1. The average molecular weight is 314 g/mol. The molecule has 1 aliphatic heterocycles. The van der Waals surface area contributed by atoms with Crippen molar-refractivity contribution in [2.24, 2.45) is 0 Å². The topological polar surface area (TPSA) is 87.2 Å². The molecule has 8 heteroatoms. The molecule has 1 aliphatic rings. The zero-order valence-corrected chi connectivity index (χ0v) is 12.8. The van der Waals surface area contributed by atoms with Crippen molar-refractivity contribution in [1.29, 1.82) is 0 Å². The van der Waals surface area contributed by atoms with Crippen LogP contribution < -0.4 is 9.04 Å². The lowest BCUT2D eigenvalue weighted by atomic mass is 10.1. The molecule has 7 nitrogen and oxygen atoms in total. The van der Waals surface area contributed by atoms with E-state index in [1.54, 1.807) is 19.9 Å². The van der Waals surface area contributed by atoms with E-state index in [4.69, 9.17) is 4.74 Å². The number of ether oxygens (including phenoxy) is 1. The lowest BCUT2D eigenvalue weighted by molar-refractivity contribution is 0.0692. The van der Waals surface area contributed by atoms with Crippen LogP contribution >= 0.6 is 0 Å². The van der Waals surface area contributed by atoms with E-state index in [0.29, 0.717) is 13.1 Å². The summed E-state index contributed by atoms with van der Waals surface area (Å²) in [5, 5.41) is 9.17. The highest BCUT2D eigenvalue weighted by atomic mass is 32.2. The van der Waals surface area contributed by atoms with Gasteiger partial charge in [-0.2, -0.15) is 12.7 Å². The summed E-state index contributed by atoms with van der Waals surface area (Å²) in [6, 6.07) is 4.47. The number of benzene rings is 1. The van der Waals surface area contributed by atoms with Gasteiger partial charge in [-0.1, -0.05) is 19.9 Å². The fourth-order valence-corrected chi connectivity index (χ4v) is 3.95. The Balaban J connectivity index is 2.53. The molecule has 0 saturated carbocycles. The van der Waals surface area contributed by atoms with Crippen LogP contribution in [0.4, 0.5) is 5.69 Å². The van der Waals surface area contributed by atoms with Gasteiger partial charge in [0, 0.05) is 13.1 Å². The Hall–Kier alpha value is -1.80. The average Bonchev–Trinajstić information content (AvgIpc) is 2.46. The monoisotopic (exact) mass is 314 g/mol. The molecule has 0 unspecified atom stereocenters. The third-order valence-electron chi connectivity index (χ3n) is 3.34. The number of fused-ring (bicyclic) bond motifs is 1. The third kappa shape index (κ3) is 2.68. The van der Waals surface area contributed by atoms with E-state index >= 15 is 0 Å². The highest BCUT2D eigenvalue weighted by Crippen LogP contribution is 2.37. The van der Waals surface area contributed by atoms with Crippen LogP contribution in [0.1, 0.15) is 24.2 Å². The zero-order chi connectivity index (χ0) is 15.6. The van der Waals surface area contributed by atoms with Gasteiger partial charge in [-0.25, -0.2) is 4.79 Å². The Labute approximate surface area is 123 Å². The Bertz CT molecular complexity index is 640. The number of hydrogen-bond donors (Lipinski definition) is 1. The second-order valence-electron chi connectivity index (χ2n) is 4.47. The molecule has 1 heterocycles. The van der Waals surface area contributed by atoms with Crippen LogP contribution in [0.2, 0.25) is 0 Å². The van der Waals surface area contributed by atoms with Gasteiger partial charge in [-0.3, -0.25) is 4.31 Å². The maximum atomic E-state index is 12.6. The molecule has 116 valence electrons. The number of aromatic carboxylic acids is 1. The van der Waals surface area contributed by atoms with Crippen molar-refractivity contribution >= 4 is 21.9 Å². The largest absolute Gasteiger partial charge is 0.489 e. The molecule has 0 bridgehead atoms. The van der Waals surface area contributed by atoms with Crippen LogP contribution in [0, 0.1) is 0 Å². The van der Waals surface area contributed by atoms with Crippen molar-refractivity contribution in [3.63, 3.8) is 0 Å². The summed E-state index contributed by atoms with van der Waals surface area (Å²) in [4.78, 5) is 11.2. The fraction of sp³-hybridized carbons (Fsp3) is 0.462. The van der Waals surface area contributed by atoms with E-state index < -0.39 is 16.2 Å². The first-order valence-corrected chi connectivity index (χ1v) is 8.10. The minimum absolute atomic E-state index is 0.0352. The van der Waals surface area contributed by atoms with Crippen LogP contribution in [-0.4, -0.2) is 50.0 Å². The number of para-hydroxylation sites is 1. The van der Waals surface area contributed by atoms with Crippen LogP contribution in [0.5, 0.6) is 5.75 Å². The molecule has 0 saturated heterocycles. The summed E-state index contributed by atoms with van der Waals surface area (Å²) >= 11 is 0. The second kappa shape index (κ2) is 5.90. The van der Waals surface area contributed by atoms with Crippen molar-refractivity contribution in [2.75, 3.05) is 30.5 Å². The molecule has 0 aromatic heterocycles. The van der Waals surface area contributed by atoms with Crippen LogP contribution in [0.15, 0.2) is 18.2 Å². The molecule has 0 aliphatic carbocycles. The fourth-order valence-electron chi connectivity index (χ4n) is 2.32. The molecule has 0 spiro atoms. The lowest BCUT2D eigenvalue weighted by Gasteiger charge is -2.34. The molecular weight excluding hydrogens is 296 g/mol. The van der Waals surface area contributed by atoms with Gasteiger partial charge < -0.3 is 9.84 Å². The lowest BCUT2D eigenvalue weighted by Crippen LogP contribution is -2.47. The summed E-state index contributed by atoms with van der Waals surface area (Å²) in [6.45, 7) is 4.51. The molecule has 0 atom stereocenters. The van der Waals surface area contributed by atoms with Crippen molar-refractivity contribution in [3.05, 3.63) is 23.8 Å². The minimum atomic E-state index is -3.69. The first-order valence-electron chi connectivity index (χ1n) is 6.70. The maximum Gasteiger partial charge on any atom is 0.339 e. The number of hydrogen-bond acceptors (Lipinski definition) is 4. The van der Waals surface area contributed by atoms with Crippen LogP contribution in [-0.2, 0) is 10.2 Å². The Morgan fingerprint density at radius 2 is 2.05 bits per heavy atom. The Morgan fingerprint density at radius 1 is 1.38 bits per heavy atom. The van der Waals surface area contributed by atoms with Crippen molar-refractivity contribution < 1.29 is 23.1 Å². The molecular formula is C13H18N2O5S. The number of carboxylic acid groups (broad SMARTS) is 1. The first kappa shape index (κ1) is 15.6. The van der Waals surface area contributed by atoms with Gasteiger partial charge in [-0.15, -0.1) is 0 Å². The second-order valence-corrected chi connectivity index (χ2v) is 6.32. The Morgan fingerprint density at radius 3 is 2.62 bits per heavy atom. The normalized spacial score (nSPS) is 14.7. The van der Waals surface area contributed by atoms with Crippen molar-refractivity contribution in [2.45, 2.75) is 13.8 Å². The van der Waals surface area contributed by atoms with Gasteiger partial charge in [0.1, 0.15) is 12.2 Å². The molecule has 1 aromatic carbocycles. The quantitative estimate of drug-likeness (QED) is 0.881. The molecule has 2 rings (SSSR count). The minimum Gasteiger partial charge on any atom is -0.489 e. The van der Waals surface area contributed by atoms with Gasteiger partial charge in [-0.05, 0) is 12.1 Å². The van der Waals surface area contributed by atoms with Gasteiger partial charge in [0.15, 0.2) is 5.75 Å². The SMILES string of the molecule is CCN(CC)S(=O)(=O)N1CCOc2c(C(=O)O)cccc21. The highest BCUT2D eigenvalue weighted by molar-refractivity contribution is 7.90. The molecule has 1 aromatic rings. The molecule has 21 heavy (non-hydrogen) atoms. The van der Waals surface area contributed by atoms with Crippen LogP contribution in [0.25, 0.3) is 0 Å². The van der Waals surface area contributed by atoms with Crippen molar-refractivity contribution in [3.8, 4) is 5.75 Å². The van der Waals surface area contributed by atoms with Crippen molar-refractivity contribution in [1.82, 2.24) is 4.31 Å². The van der Waals surface area contributed by atoms with E-state index in [2.05, 4.69) is 0 Å². The Kier molecular flexibility index (Phi) is 4.38. The van der Waals surface area contributed by atoms with Gasteiger partial charge >= 0.3 is 16.2 Å². The number of rotatable bonds is 5. The van der Waals surface area contributed by atoms with E-state index in [-0.39, 0.29) is 30.2 Å². The van der Waals surface area contributed by atoms with Gasteiger partial charge in [0.2, 0.25) is 0 Å². The number of nitrogens with zero attached hydrogens (tertiary/aromatic N) is 2. The van der Waals surface area contributed by atoms with Gasteiger partial charge in [0.05, 0.1) is 12.2 Å². The summed E-state index contributed by atoms with van der Waals surface area (Å²) < 4.78 is 33.2. The first-order chi connectivity index (χ1) is 9.93. The van der Waals surface area contributed by atoms with Gasteiger partial charge in [0.25, 0.3) is 0 Å². The molecule has 0 amide bonds. The molecule has 0 fully saturated rings. The summed E-state index contributed by atoms with van der Waals surface area (Å²) in [5.41, 5.74) is 0.236. The van der Waals surface area contributed by atoms with E-state index in [9.17, 15) is 18.3 Å². The zero-order valence-electron chi connectivity index (χ0n) is 11.9. The van der Waals surface area contributed by atoms with Crippen LogP contribution in [0.3, 0.4) is 0 Å². The standard InChI is InChI=1S/C13H18N2O5S/c1-3-14(4-2)21(18,19)15-8-9-20-12-10(13(16)17)6-5-7-11(12)15/h5-7H,3-4,8-9H2,1-2H3,(H,16,17). The maximum absolute atomic E-state index is 12.6. The molecule has 1 N–H and O–H groups in total. The summed E-state index contributed by atoms with van der Waals surface area (Å²) in [5.74, 6) is -1.04. The van der Waals surface area contributed by atoms with E-state index in [1.165, 1.54) is 20.7 Å².